The third-order valence-electron chi connectivity index (χ3n) is 4.87. The Hall–Kier alpha value is -2.44. The standard InChI is InChI=1S/C17H20N4O3/c1-11(12-4-5-12)21(14-6-7-14)15(22)10-20-16(19-24-17(20)23)13-3-2-8-18-9-13/h2-3,8-9,11-12,14H,4-7,10H2,1H3/t11-/m1/s1. The predicted molar refractivity (Wildman–Crippen MR) is 86.0 cm³/mol. The number of carbonyl (C=O) groups is 1. The Kier molecular flexibility index (Phi) is 3.70. The molecule has 0 bridgehead atoms. The molecule has 2 aliphatic carbocycles. The van der Waals surface area contributed by atoms with Crippen molar-refractivity contribution in [2.24, 2.45) is 5.92 Å². The fraction of sp³-hybridized carbons (Fsp3) is 0.529. The maximum Gasteiger partial charge on any atom is 0.442 e. The Labute approximate surface area is 139 Å². The first-order chi connectivity index (χ1) is 11.6. The van der Waals surface area contributed by atoms with Crippen molar-refractivity contribution >= 4 is 5.91 Å². The van der Waals surface area contributed by atoms with Gasteiger partial charge in [0.15, 0.2) is 5.82 Å². The molecule has 2 aromatic rings. The second-order valence-electron chi connectivity index (χ2n) is 6.71. The molecule has 24 heavy (non-hydrogen) atoms. The van der Waals surface area contributed by atoms with Crippen LogP contribution in [-0.4, -0.2) is 37.6 Å². The van der Waals surface area contributed by atoms with Crippen LogP contribution >= 0.6 is 0 Å². The molecule has 0 unspecified atom stereocenters. The Bertz CT molecular complexity index is 790. The summed E-state index contributed by atoms with van der Waals surface area (Å²) >= 11 is 0. The number of pyridine rings is 1. The maximum atomic E-state index is 12.9. The van der Waals surface area contributed by atoms with Crippen LogP contribution < -0.4 is 5.76 Å². The van der Waals surface area contributed by atoms with Gasteiger partial charge in [0.25, 0.3) is 0 Å². The molecular formula is C17H20N4O3. The highest BCUT2D eigenvalue weighted by Gasteiger charge is 2.41. The Morgan fingerprint density at radius 1 is 1.42 bits per heavy atom. The molecule has 2 saturated carbocycles. The van der Waals surface area contributed by atoms with E-state index in [-0.39, 0.29) is 18.5 Å². The van der Waals surface area contributed by atoms with Gasteiger partial charge in [-0.1, -0.05) is 5.16 Å². The van der Waals surface area contributed by atoms with Crippen LogP contribution in [0.25, 0.3) is 11.4 Å². The molecule has 2 heterocycles. The Balaban J connectivity index is 1.59. The number of carbonyl (C=O) groups excluding carboxylic acids is 1. The summed E-state index contributed by atoms with van der Waals surface area (Å²) in [6.45, 7) is 2.08. The van der Waals surface area contributed by atoms with Crippen molar-refractivity contribution < 1.29 is 9.32 Å². The summed E-state index contributed by atoms with van der Waals surface area (Å²) in [5.74, 6) is 0.298. The van der Waals surface area contributed by atoms with E-state index < -0.39 is 5.76 Å². The summed E-state index contributed by atoms with van der Waals surface area (Å²) in [5.41, 5.74) is 0.657. The summed E-state index contributed by atoms with van der Waals surface area (Å²) in [5, 5.41) is 3.82. The zero-order valence-electron chi connectivity index (χ0n) is 13.6. The van der Waals surface area contributed by atoms with Crippen molar-refractivity contribution in [3.05, 3.63) is 35.1 Å². The van der Waals surface area contributed by atoms with Crippen molar-refractivity contribution in [2.75, 3.05) is 0 Å². The molecule has 0 aliphatic heterocycles. The largest absolute Gasteiger partial charge is 0.442 e. The fourth-order valence-corrected chi connectivity index (χ4v) is 3.25. The van der Waals surface area contributed by atoms with Crippen molar-refractivity contribution in [1.29, 1.82) is 0 Å². The number of aromatic nitrogens is 3. The first-order valence-corrected chi connectivity index (χ1v) is 8.43. The summed E-state index contributed by atoms with van der Waals surface area (Å²) in [4.78, 5) is 30.9. The molecule has 0 aromatic carbocycles. The van der Waals surface area contributed by atoms with Crippen LogP contribution in [0.2, 0.25) is 0 Å². The second-order valence-corrected chi connectivity index (χ2v) is 6.71. The summed E-state index contributed by atoms with van der Waals surface area (Å²) in [6, 6.07) is 4.11. The monoisotopic (exact) mass is 328 g/mol. The lowest BCUT2D eigenvalue weighted by atomic mass is 10.1. The van der Waals surface area contributed by atoms with Crippen LogP contribution in [0.5, 0.6) is 0 Å². The quantitative estimate of drug-likeness (QED) is 0.806. The highest BCUT2D eigenvalue weighted by molar-refractivity contribution is 5.77. The topological polar surface area (TPSA) is 81.2 Å². The molecule has 2 aromatic heterocycles. The van der Waals surface area contributed by atoms with Gasteiger partial charge in [0, 0.05) is 30.0 Å². The van der Waals surface area contributed by atoms with Gasteiger partial charge in [-0.15, -0.1) is 0 Å². The first-order valence-electron chi connectivity index (χ1n) is 8.43. The maximum absolute atomic E-state index is 12.9. The number of rotatable bonds is 6. The van der Waals surface area contributed by atoms with Gasteiger partial charge in [-0.25, -0.2) is 9.36 Å². The average Bonchev–Trinajstić information content (AvgIpc) is 3.48. The lowest BCUT2D eigenvalue weighted by molar-refractivity contribution is -0.135. The third kappa shape index (κ3) is 2.86. The van der Waals surface area contributed by atoms with Crippen LogP contribution in [0.3, 0.4) is 0 Å². The summed E-state index contributed by atoms with van der Waals surface area (Å²) < 4.78 is 6.09. The van der Waals surface area contributed by atoms with Gasteiger partial charge >= 0.3 is 5.76 Å². The van der Waals surface area contributed by atoms with E-state index in [2.05, 4.69) is 17.1 Å². The molecule has 2 aliphatic rings. The Morgan fingerprint density at radius 3 is 2.83 bits per heavy atom. The molecule has 0 N–H and O–H groups in total. The van der Waals surface area contributed by atoms with E-state index in [9.17, 15) is 9.59 Å². The zero-order chi connectivity index (χ0) is 16.7. The van der Waals surface area contributed by atoms with Crippen molar-refractivity contribution in [3.8, 4) is 11.4 Å². The molecule has 7 heteroatoms. The number of hydrogen-bond acceptors (Lipinski definition) is 5. The van der Waals surface area contributed by atoms with E-state index in [0.29, 0.717) is 23.3 Å². The van der Waals surface area contributed by atoms with Crippen LogP contribution in [0.1, 0.15) is 32.6 Å². The lowest BCUT2D eigenvalue weighted by Gasteiger charge is -2.29. The summed E-state index contributed by atoms with van der Waals surface area (Å²) in [6.07, 6.45) is 7.72. The van der Waals surface area contributed by atoms with Crippen molar-refractivity contribution in [1.82, 2.24) is 19.6 Å². The first kappa shape index (κ1) is 15.1. The molecule has 0 spiro atoms. The van der Waals surface area contributed by atoms with Gasteiger partial charge < -0.3 is 4.90 Å². The van der Waals surface area contributed by atoms with E-state index in [1.54, 1.807) is 24.5 Å². The van der Waals surface area contributed by atoms with Gasteiger partial charge in [0.05, 0.1) is 0 Å². The smallest absolute Gasteiger partial charge is 0.335 e. The molecule has 7 nitrogen and oxygen atoms in total. The molecule has 4 rings (SSSR count). The minimum atomic E-state index is -0.614. The molecule has 126 valence electrons. The zero-order valence-corrected chi connectivity index (χ0v) is 13.6. The van der Waals surface area contributed by atoms with Gasteiger partial charge in [-0.2, -0.15) is 0 Å². The van der Waals surface area contributed by atoms with E-state index >= 15 is 0 Å². The van der Waals surface area contributed by atoms with Crippen LogP contribution in [0, 0.1) is 5.92 Å². The lowest BCUT2D eigenvalue weighted by Crippen LogP contribution is -2.44. The Morgan fingerprint density at radius 2 is 2.21 bits per heavy atom. The van der Waals surface area contributed by atoms with Gasteiger partial charge in [-0.05, 0) is 50.7 Å². The van der Waals surface area contributed by atoms with Gasteiger partial charge in [0.1, 0.15) is 6.54 Å². The third-order valence-corrected chi connectivity index (χ3v) is 4.87. The second kappa shape index (κ2) is 5.89. The van der Waals surface area contributed by atoms with E-state index in [1.807, 2.05) is 4.90 Å². The molecule has 0 saturated heterocycles. The predicted octanol–water partition coefficient (Wildman–Crippen LogP) is 1.69. The van der Waals surface area contributed by atoms with Crippen molar-refractivity contribution in [3.63, 3.8) is 0 Å². The molecule has 1 atom stereocenters. The normalized spacial score (nSPS) is 18.4. The van der Waals surface area contributed by atoms with Crippen LogP contribution in [0.15, 0.2) is 33.8 Å². The molecule has 0 radical (unpaired) electrons. The van der Waals surface area contributed by atoms with E-state index in [0.717, 1.165) is 12.8 Å². The fourth-order valence-electron chi connectivity index (χ4n) is 3.25. The van der Waals surface area contributed by atoms with Crippen molar-refractivity contribution in [2.45, 2.75) is 51.2 Å². The molecule has 1 amide bonds. The molecule has 2 fully saturated rings. The minimum absolute atomic E-state index is 0.0349. The number of hydrogen-bond donors (Lipinski definition) is 0. The van der Waals surface area contributed by atoms with Crippen LogP contribution in [0.4, 0.5) is 0 Å². The summed E-state index contributed by atoms with van der Waals surface area (Å²) in [7, 11) is 0. The average molecular weight is 328 g/mol. The number of nitrogens with zero attached hydrogens (tertiary/aromatic N) is 4. The SMILES string of the molecule is C[C@H](C1CC1)N(C(=O)Cn1c(-c2cccnc2)noc1=O)C1CC1. The van der Waals surface area contributed by atoms with E-state index in [4.69, 9.17) is 4.52 Å². The highest BCUT2D eigenvalue weighted by Crippen LogP contribution is 2.39. The highest BCUT2D eigenvalue weighted by atomic mass is 16.5. The van der Waals surface area contributed by atoms with Gasteiger partial charge in [0.2, 0.25) is 5.91 Å². The minimum Gasteiger partial charge on any atom is -0.335 e. The van der Waals surface area contributed by atoms with E-state index in [1.165, 1.54) is 17.4 Å². The van der Waals surface area contributed by atoms with Crippen LogP contribution in [-0.2, 0) is 11.3 Å². The molecular weight excluding hydrogens is 308 g/mol. The number of amides is 1. The van der Waals surface area contributed by atoms with Gasteiger partial charge in [-0.3, -0.25) is 14.3 Å².